The smallest absolute Gasteiger partial charge is 0.120 e. The van der Waals surface area contributed by atoms with Crippen LogP contribution in [0.1, 0.15) is 0 Å². The molecule has 0 bridgehead atoms. The predicted molar refractivity (Wildman–Crippen MR) is 334 cm³/mol. The van der Waals surface area contributed by atoms with E-state index in [9.17, 15) is 0 Å². The van der Waals surface area contributed by atoms with E-state index in [1.807, 2.05) is 24.3 Å². The summed E-state index contributed by atoms with van der Waals surface area (Å²) in [5, 5.41) is 4.46. The minimum atomic E-state index is 0.432. The lowest BCUT2D eigenvalue weighted by molar-refractivity contribution is -0.0282. The number of hydrogen-bond donors (Lipinski definition) is 0. The first-order chi connectivity index (χ1) is 44.8. The van der Waals surface area contributed by atoms with E-state index < -0.39 is 0 Å². The van der Waals surface area contributed by atoms with Gasteiger partial charge in [0.25, 0.3) is 0 Å². The molecule has 0 N–H and O–H groups in total. The van der Waals surface area contributed by atoms with Crippen LogP contribution < -0.4 is 9.47 Å². The Labute approximate surface area is 534 Å². The molecule has 0 fully saturated rings. The van der Waals surface area contributed by atoms with E-state index in [4.69, 9.17) is 123 Å². The molecule has 3 aromatic carbocycles. The highest BCUT2D eigenvalue weighted by molar-refractivity contribution is 6.08. The minimum Gasteiger partial charge on any atom is -0.491 e. The van der Waals surface area contributed by atoms with Crippen molar-refractivity contribution in [2.24, 2.45) is 0 Å². The second-order valence-electron chi connectivity index (χ2n) is 19.0. The summed E-state index contributed by atoms with van der Waals surface area (Å²) in [5.41, 5.74) is 0. The molecule has 90 heavy (non-hydrogen) atoms. The standard InChI is InChI=1S/C64H110O26/c1-65-9-11-67-13-15-69-17-19-71-21-23-73-25-27-75-29-31-77-33-35-79-37-39-81-41-43-83-45-47-85-49-51-87-53-55-89-61-5-7-63-59(57-61)3-4-60-58-62(6-8-64(60)63)90-56-54-88-52-50-86-48-46-84-44-42-82-40-38-80-36-34-78-32-30-76-28-26-74-24-22-72-20-18-70-16-14-68-12-10-66-2/h3-8,57-58H,9-56H2,1-2H3. The van der Waals surface area contributed by atoms with Crippen LogP contribution in [0.25, 0.3) is 21.5 Å². The summed E-state index contributed by atoms with van der Waals surface area (Å²) in [7, 11) is 3.29. The van der Waals surface area contributed by atoms with E-state index >= 15 is 0 Å². The molecule has 0 spiro atoms. The molecular formula is C64H110O26. The molecule has 0 aliphatic rings. The van der Waals surface area contributed by atoms with Crippen LogP contribution in [0, 0.1) is 0 Å². The first-order valence-electron chi connectivity index (χ1n) is 31.7. The van der Waals surface area contributed by atoms with Gasteiger partial charge < -0.3 is 123 Å². The highest BCUT2D eigenvalue weighted by Gasteiger charge is 2.07. The highest BCUT2D eigenvalue weighted by atomic mass is 16.6. The quantitative estimate of drug-likeness (QED) is 0.0562. The van der Waals surface area contributed by atoms with Crippen molar-refractivity contribution < 1.29 is 123 Å². The summed E-state index contributed by atoms with van der Waals surface area (Å²) >= 11 is 0. The van der Waals surface area contributed by atoms with Gasteiger partial charge in [0.1, 0.15) is 24.7 Å². The maximum atomic E-state index is 5.98. The third-order valence-corrected chi connectivity index (χ3v) is 12.1. The average Bonchev–Trinajstić information content (AvgIpc) is 0.892. The summed E-state index contributed by atoms with van der Waals surface area (Å²) in [6.07, 6.45) is 0. The van der Waals surface area contributed by atoms with Gasteiger partial charge >= 0.3 is 0 Å². The van der Waals surface area contributed by atoms with E-state index in [-0.39, 0.29) is 0 Å². The Bertz CT molecular complexity index is 1810. The van der Waals surface area contributed by atoms with E-state index in [2.05, 4.69) is 24.3 Å². The maximum absolute atomic E-state index is 5.98. The molecule has 522 valence electrons. The van der Waals surface area contributed by atoms with E-state index in [0.29, 0.717) is 317 Å². The number of ether oxygens (including phenoxy) is 26. The van der Waals surface area contributed by atoms with Crippen molar-refractivity contribution in [1.82, 2.24) is 0 Å². The van der Waals surface area contributed by atoms with Crippen molar-refractivity contribution in [3.8, 4) is 11.5 Å². The number of fused-ring (bicyclic) bond motifs is 3. The van der Waals surface area contributed by atoms with Crippen LogP contribution in [0.5, 0.6) is 11.5 Å². The monoisotopic (exact) mass is 1290 g/mol. The molecule has 0 saturated heterocycles. The molecule has 0 heterocycles. The van der Waals surface area contributed by atoms with Crippen LogP contribution in [0.3, 0.4) is 0 Å². The van der Waals surface area contributed by atoms with Gasteiger partial charge in [-0.05, 0) is 45.8 Å². The van der Waals surface area contributed by atoms with Gasteiger partial charge in [0.05, 0.1) is 304 Å². The lowest BCUT2D eigenvalue weighted by Crippen LogP contribution is -2.15. The van der Waals surface area contributed by atoms with Crippen LogP contribution in [-0.4, -0.2) is 331 Å². The number of hydrogen-bond acceptors (Lipinski definition) is 26. The molecule has 0 saturated carbocycles. The Morgan fingerprint density at radius 3 is 0.467 bits per heavy atom. The second kappa shape index (κ2) is 65.9. The molecule has 26 nitrogen and oxygen atoms in total. The first kappa shape index (κ1) is 81.1. The average molecular weight is 1300 g/mol. The van der Waals surface area contributed by atoms with E-state index in [0.717, 1.165) is 33.0 Å². The second-order valence-corrected chi connectivity index (χ2v) is 19.0. The van der Waals surface area contributed by atoms with Crippen molar-refractivity contribution in [2.45, 2.75) is 0 Å². The third-order valence-electron chi connectivity index (χ3n) is 12.1. The molecule has 0 radical (unpaired) electrons. The van der Waals surface area contributed by atoms with Gasteiger partial charge in [-0.15, -0.1) is 0 Å². The summed E-state index contributed by atoms with van der Waals surface area (Å²) in [5.74, 6) is 1.57. The lowest BCUT2D eigenvalue weighted by Gasteiger charge is -2.11. The fourth-order valence-corrected chi connectivity index (χ4v) is 7.53. The van der Waals surface area contributed by atoms with Crippen molar-refractivity contribution in [2.75, 3.05) is 331 Å². The van der Waals surface area contributed by atoms with Crippen LogP contribution in [-0.2, 0) is 114 Å². The zero-order valence-electron chi connectivity index (χ0n) is 54.2. The van der Waals surface area contributed by atoms with Crippen molar-refractivity contribution in [1.29, 1.82) is 0 Å². The van der Waals surface area contributed by atoms with Gasteiger partial charge in [-0.25, -0.2) is 0 Å². The molecule has 0 aliphatic carbocycles. The first-order valence-corrected chi connectivity index (χ1v) is 31.7. The fourth-order valence-electron chi connectivity index (χ4n) is 7.53. The van der Waals surface area contributed by atoms with Crippen molar-refractivity contribution in [3.05, 3.63) is 48.5 Å². The number of benzene rings is 3. The molecule has 3 aromatic rings. The summed E-state index contributed by atoms with van der Waals surface area (Å²) < 4.78 is 143. The Hall–Kier alpha value is -3.18. The molecule has 0 atom stereocenters. The topological polar surface area (TPSA) is 240 Å². The highest BCUT2D eigenvalue weighted by Crippen LogP contribution is 2.30. The molecule has 0 amide bonds. The van der Waals surface area contributed by atoms with Crippen LogP contribution >= 0.6 is 0 Å². The lowest BCUT2D eigenvalue weighted by atomic mass is 10.0. The summed E-state index contributed by atoms with van der Waals surface area (Å²) in [6, 6.07) is 16.4. The van der Waals surface area contributed by atoms with Gasteiger partial charge in [0.2, 0.25) is 0 Å². The maximum Gasteiger partial charge on any atom is 0.120 e. The zero-order valence-corrected chi connectivity index (χ0v) is 54.2. The Balaban J connectivity index is 0.980. The Kier molecular flexibility index (Phi) is 59.3. The van der Waals surface area contributed by atoms with E-state index in [1.54, 1.807) is 14.2 Å². The van der Waals surface area contributed by atoms with Gasteiger partial charge in [0.15, 0.2) is 0 Å². The Morgan fingerprint density at radius 1 is 0.167 bits per heavy atom. The van der Waals surface area contributed by atoms with Gasteiger partial charge in [0, 0.05) is 14.2 Å². The number of methoxy groups -OCH3 is 2. The van der Waals surface area contributed by atoms with Crippen molar-refractivity contribution in [3.63, 3.8) is 0 Å². The Morgan fingerprint density at radius 2 is 0.311 bits per heavy atom. The van der Waals surface area contributed by atoms with E-state index in [1.165, 1.54) is 0 Å². The molecule has 3 rings (SSSR count). The fraction of sp³-hybridized carbons (Fsp3) is 0.781. The van der Waals surface area contributed by atoms with Crippen LogP contribution in [0.15, 0.2) is 48.5 Å². The largest absolute Gasteiger partial charge is 0.491 e. The SMILES string of the molecule is COCCOCCOCCOCCOCCOCCOCCOCCOCCOCCOCCOCCOc1ccc2c(ccc3cc(OCCOCCOCCOCCOCCOCCOCCOCCOCCOCCOCCOCCOC)ccc32)c1. The minimum absolute atomic E-state index is 0.432. The van der Waals surface area contributed by atoms with Crippen LogP contribution in [0.2, 0.25) is 0 Å². The molecule has 26 heteroatoms. The zero-order chi connectivity index (χ0) is 63.4. The summed E-state index contributed by atoms with van der Waals surface area (Å²) in [6.45, 7) is 24.0. The van der Waals surface area contributed by atoms with Crippen LogP contribution in [0.4, 0.5) is 0 Å². The molecular weight excluding hydrogens is 1180 g/mol. The normalized spacial score (nSPS) is 11.8. The van der Waals surface area contributed by atoms with Gasteiger partial charge in [-0.2, -0.15) is 0 Å². The number of rotatable bonds is 74. The van der Waals surface area contributed by atoms with Gasteiger partial charge in [-0.1, -0.05) is 24.3 Å². The third kappa shape index (κ3) is 51.3. The van der Waals surface area contributed by atoms with Gasteiger partial charge in [-0.3, -0.25) is 0 Å². The molecule has 0 aromatic heterocycles. The van der Waals surface area contributed by atoms with Crippen molar-refractivity contribution >= 4 is 21.5 Å². The predicted octanol–water partition coefficient (Wildman–Crippen LogP) is 4.41. The molecule has 0 unspecified atom stereocenters. The summed E-state index contributed by atoms with van der Waals surface area (Å²) in [4.78, 5) is 0. The molecule has 0 aliphatic heterocycles.